The summed E-state index contributed by atoms with van der Waals surface area (Å²) in [4.78, 5) is 30.6. The third-order valence-corrected chi connectivity index (χ3v) is 3.89. The number of aromatic nitrogens is 4. The smallest absolute Gasteiger partial charge is 0.266 e. The van der Waals surface area contributed by atoms with Crippen molar-refractivity contribution in [1.29, 1.82) is 0 Å². The molecule has 3 aromatic rings. The van der Waals surface area contributed by atoms with Gasteiger partial charge in [-0.25, -0.2) is 0 Å². The molecule has 0 fully saturated rings. The molecule has 3 rings (SSSR count). The zero-order valence-electron chi connectivity index (χ0n) is 11.7. The van der Waals surface area contributed by atoms with Crippen molar-refractivity contribution in [3.05, 3.63) is 67.6 Å². The number of carbonyl (C=O) groups excluding carboxylic acids is 1. The Morgan fingerprint density at radius 2 is 2.14 bits per heavy atom. The van der Waals surface area contributed by atoms with Crippen molar-refractivity contribution in [2.45, 2.75) is 0 Å². The molecule has 0 unspecified atom stereocenters. The summed E-state index contributed by atoms with van der Waals surface area (Å²) >= 11 is 1.23. The molecule has 0 aliphatic heterocycles. The molecule has 22 heavy (non-hydrogen) atoms. The van der Waals surface area contributed by atoms with Crippen molar-refractivity contribution in [2.75, 3.05) is 0 Å². The van der Waals surface area contributed by atoms with Gasteiger partial charge in [-0.15, -0.1) is 11.3 Å². The van der Waals surface area contributed by atoms with Crippen LogP contribution in [-0.2, 0) is 7.05 Å². The molecule has 3 heterocycles. The highest BCUT2D eigenvalue weighted by atomic mass is 32.1. The predicted octanol–water partition coefficient (Wildman–Crippen LogP) is 0.0571. The lowest BCUT2D eigenvalue weighted by atomic mass is 10.2. The van der Waals surface area contributed by atoms with Gasteiger partial charge in [0.2, 0.25) is 0 Å². The van der Waals surface area contributed by atoms with E-state index in [9.17, 15) is 9.59 Å². The SMILES string of the molecule is Cn1cc(/C=c2/s/c(=C\C(=O)c3ccncc3)[nH]c2=O)cn1. The topological polar surface area (TPSA) is 80.6 Å². The third kappa shape index (κ3) is 3.09. The van der Waals surface area contributed by atoms with Gasteiger partial charge in [0.05, 0.1) is 15.4 Å². The number of hydrogen-bond donors (Lipinski definition) is 1. The summed E-state index contributed by atoms with van der Waals surface area (Å²) in [6.45, 7) is 0. The number of nitrogens with zero attached hydrogens (tertiary/aromatic N) is 3. The molecule has 0 radical (unpaired) electrons. The van der Waals surface area contributed by atoms with Crippen LogP contribution >= 0.6 is 11.3 Å². The molecule has 3 aromatic heterocycles. The normalized spacial score (nSPS) is 12.8. The Morgan fingerprint density at radius 1 is 1.36 bits per heavy atom. The lowest BCUT2D eigenvalue weighted by Gasteiger charge is -1.91. The van der Waals surface area contributed by atoms with E-state index >= 15 is 0 Å². The number of aromatic amines is 1. The van der Waals surface area contributed by atoms with E-state index in [2.05, 4.69) is 15.1 Å². The standard InChI is InChI=1S/C15H12N4O2S/c1-19-9-10(8-17-19)6-13-15(21)18-14(22-13)7-12(20)11-2-4-16-5-3-11/h2-9H,1H3,(H,18,21)/b13-6+,14-7-. The number of aryl methyl sites for hydroxylation is 1. The van der Waals surface area contributed by atoms with Gasteiger partial charge in [0, 0.05) is 42.8 Å². The van der Waals surface area contributed by atoms with Crippen molar-refractivity contribution in [1.82, 2.24) is 19.7 Å². The minimum absolute atomic E-state index is 0.173. The van der Waals surface area contributed by atoms with E-state index < -0.39 is 0 Å². The van der Waals surface area contributed by atoms with E-state index in [-0.39, 0.29) is 11.3 Å². The van der Waals surface area contributed by atoms with E-state index in [0.29, 0.717) is 14.8 Å². The lowest BCUT2D eigenvalue weighted by molar-refractivity contribution is 0.106. The van der Waals surface area contributed by atoms with Crippen molar-refractivity contribution in [3.8, 4) is 0 Å². The van der Waals surface area contributed by atoms with E-state index in [1.165, 1.54) is 17.4 Å². The van der Waals surface area contributed by atoms with Crippen LogP contribution in [-0.4, -0.2) is 25.5 Å². The van der Waals surface area contributed by atoms with E-state index in [1.54, 1.807) is 41.5 Å². The second kappa shape index (κ2) is 5.90. The molecule has 0 atom stereocenters. The summed E-state index contributed by atoms with van der Waals surface area (Å²) in [7, 11) is 1.81. The monoisotopic (exact) mass is 312 g/mol. The molecular weight excluding hydrogens is 300 g/mol. The quantitative estimate of drug-likeness (QED) is 0.693. The Bertz CT molecular complexity index is 982. The van der Waals surface area contributed by atoms with Crippen LogP contribution in [0.2, 0.25) is 0 Å². The first-order valence-electron chi connectivity index (χ1n) is 6.47. The molecule has 6 nitrogen and oxygen atoms in total. The fraction of sp³-hybridized carbons (Fsp3) is 0.0667. The Kier molecular flexibility index (Phi) is 3.80. The minimum atomic E-state index is -0.220. The van der Waals surface area contributed by atoms with Crippen molar-refractivity contribution in [3.63, 3.8) is 0 Å². The molecular formula is C15H12N4O2S. The fourth-order valence-corrected chi connectivity index (χ4v) is 2.79. The number of nitrogens with one attached hydrogen (secondary N) is 1. The average Bonchev–Trinajstić information content (AvgIpc) is 3.06. The van der Waals surface area contributed by atoms with Gasteiger partial charge in [-0.1, -0.05) is 0 Å². The highest BCUT2D eigenvalue weighted by Gasteiger charge is 2.02. The minimum Gasteiger partial charge on any atom is -0.313 e. The summed E-state index contributed by atoms with van der Waals surface area (Å²) < 4.78 is 2.71. The number of pyridine rings is 1. The fourth-order valence-electron chi connectivity index (χ4n) is 1.91. The Hall–Kier alpha value is -2.80. The zero-order chi connectivity index (χ0) is 15.5. The van der Waals surface area contributed by atoms with Crippen LogP contribution in [0, 0.1) is 0 Å². The molecule has 0 amide bonds. The Morgan fingerprint density at radius 3 is 2.82 bits per heavy atom. The molecule has 0 saturated heterocycles. The maximum atomic E-state index is 12.1. The van der Waals surface area contributed by atoms with Crippen molar-refractivity contribution >= 4 is 29.3 Å². The zero-order valence-corrected chi connectivity index (χ0v) is 12.5. The van der Waals surface area contributed by atoms with Gasteiger partial charge in [-0.3, -0.25) is 19.3 Å². The molecule has 7 heteroatoms. The molecule has 0 aromatic carbocycles. The first-order chi connectivity index (χ1) is 10.6. The summed E-state index contributed by atoms with van der Waals surface area (Å²) in [5, 5.41) is 4.05. The molecule has 0 spiro atoms. The second-order valence-corrected chi connectivity index (χ2v) is 5.70. The number of hydrogen-bond acceptors (Lipinski definition) is 5. The number of rotatable bonds is 3. The molecule has 0 aliphatic rings. The molecule has 0 saturated carbocycles. The molecule has 1 N–H and O–H groups in total. The summed E-state index contributed by atoms with van der Waals surface area (Å²) in [5.74, 6) is -0.173. The number of ketones is 1. The number of H-pyrrole nitrogens is 1. The number of Topliss-reactive ketones (excluding diaryl/α,β-unsaturated/α-hetero) is 1. The number of carbonyl (C=O) groups is 1. The molecule has 110 valence electrons. The molecule has 0 bridgehead atoms. The molecule has 0 aliphatic carbocycles. The third-order valence-electron chi connectivity index (χ3n) is 2.93. The van der Waals surface area contributed by atoms with Gasteiger partial charge in [-0.2, -0.15) is 5.10 Å². The van der Waals surface area contributed by atoms with E-state index in [1.807, 2.05) is 13.2 Å². The van der Waals surface area contributed by atoms with Crippen LogP contribution in [0.3, 0.4) is 0 Å². The largest absolute Gasteiger partial charge is 0.313 e. The van der Waals surface area contributed by atoms with Crippen LogP contribution in [0.1, 0.15) is 15.9 Å². The summed E-state index contributed by atoms with van der Waals surface area (Å²) in [6, 6.07) is 3.26. The first-order valence-corrected chi connectivity index (χ1v) is 7.29. The maximum absolute atomic E-state index is 12.1. The highest BCUT2D eigenvalue weighted by Crippen LogP contribution is 1.99. The van der Waals surface area contributed by atoms with Gasteiger partial charge in [-0.05, 0) is 18.2 Å². The van der Waals surface area contributed by atoms with Crippen molar-refractivity contribution < 1.29 is 4.79 Å². The maximum Gasteiger partial charge on any atom is 0.266 e. The average molecular weight is 312 g/mol. The van der Waals surface area contributed by atoms with Gasteiger partial charge in [0.25, 0.3) is 5.56 Å². The van der Waals surface area contributed by atoms with Crippen LogP contribution in [0.4, 0.5) is 0 Å². The van der Waals surface area contributed by atoms with Crippen molar-refractivity contribution in [2.24, 2.45) is 7.05 Å². The Labute approximate surface area is 129 Å². The lowest BCUT2D eigenvalue weighted by Crippen LogP contribution is -2.19. The van der Waals surface area contributed by atoms with Crippen LogP contribution < -0.4 is 14.8 Å². The van der Waals surface area contributed by atoms with E-state index in [0.717, 1.165) is 5.56 Å². The number of thiazole rings is 1. The van der Waals surface area contributed by atoms with E-state index in [4.69, 9.17) is 0 Å². The predicted molar refractivity (Wildman–Crippen MR) is 84.0 cm³/mol. The van der Waals surface area contributed by atoms with Gasteiger partial charge < -0.3 is 4.98 Å². The van der Waals surface area contributed by atoms with Gasteiger partial charge in [0.15, 0.2) is 5.78 Å². The highest BCUT2D eigenvalue weighted by molar-refractivity contribution is 7.07. The second-order valence-electron chi connectivity index (χ2n) is 4.62. The van der Waals surface area contributed by atoms with Crippen LogP contribution in [0.25, 0.3) is 12.2 Å². The summed E-state index contributed by atoms with van der Waals surface area (Å²) in [6.07, 6.45) is 9.75. The summed E-state index contributed by atoms with van der Waals surface area (Å²) in [5.41, 5.74) is 1.14. The Balaban J connectivity index is 1.99. The van der Waals surface area contributed by atoms with Crippen LogP contribution in [0.5, 0.6) is 0 Å². The van der Waals surface area contributed by atoms with Crippen LogP contribution in [0.15, 0.2) is 41.7 Å². The van der Waals surface area contributed by atoms with Gasteiger partial charge in [0.1, 0.15) is 0 Å². The first kappa shape index (κ1) is 14.2. The van der Waals surface area contributed by atoms with Gasteiger partial charge >= 0.3 is 0 Å².